The molecule has 0 rings (SSSR count). The van der Waals surface area contributed by atoms with Gasteiger partial charge in [0.05, 0.1) is 0 Å². The summed E-state index contributed by atoms with van der Waals surface area (Å²) in [4.78, 5) is 0. The molecule has 0 bridgehead atoms. The van der Waals surface area contributed by atoms with Crippen LogP contribution in [0.1, 0.15) is 6.92 Å². The Morgan fingerprint density at radius 1 is 1.83 bits per heavy atom. The fraction of sp³-hybridized carbons (Fsp3) is 1.00. The summed E-state index contributed by atoms with van der Waals surface area (Å²) in [6, 6.07) is 0. The first-order chi connectivity index (χ1) is 2.81. The second-order valence-electron chi connectivity index (χ2n) is 1.44. The van der Waals surface area contributed by atoms with E-state index in [-0.39, 0.29) is 6.61 Å². The van der Waals surface area contributed by atoms with Crippen LogP contribution in [0.2, 0.25) is 0 Å². The molecule has 0 aliphatic rings. The molecule has 0 aromatic rings. The largest absolute Gasteiger partial charge is 0.396 e. The Balaban J connectivity index is 2.75. The predicted molar refractivity (Wildman–Crippen MR) is 30.0 cm³/mol. The molecule has 0 fully saturated rings. The van der Waals surface area contributed by atoms with Crippen molar-refractivity contribution in [3.05, 3.63) is 0 Å². The Morgan fingerprint density at radius 3 is 2.33 bits per heavy atom. The second-order valence-corrected chi connectivity index (χ2v) is 2.09. The minimum atomic E-state index is 0.283. The molecule has 0 saturated carbocycles. The van der Waals surface area contributed by atoms with Gasteiger partial charge < -0.3 is 5.11 Å². The zero-order valence-electron chi connectivity index (χ0n) is 3.82. The lowest BCUT2D eigenvalue weighted by atomic mass is 10.2. The first-order valence-corrected chi connectivity index (χ1v) is 3.10. The third-order valence-electron chi connectivity index (χ3n) is 0.575. The van der Waals surface area contributed by atoms with Gasteiger partial charge in [-0.25, -0.2) is 0 Å². The van der Waals surface area contributed by atoms with Gasteiger partial charge in [-0.2, -0.15) is 0 Å². The summed E-state index contributed by atoms with van der Waals surface area (Å²) < 4.78 is 0. The SMILES string of the molecule is CC(CO)CBr. The van der Waals surface area contributed by atoms with Crippen LogP contribution in [0.4, 0.5) is 0 Å². The lowest BCUT2D eigenvalue weighted by molar-refractivity contribution is 0.251. The molecule has 1 unspecified atom stereocenters. The highest BCUT2D eigenvalue weighted by Gasteiger charge is 1.91. The van der Waals surface area contributed by atoms with E-state index in [9.17, 15) is 0 Å². The fourth-order valence-electron chi connectivity index (χ4n) is 0.0488. The molecule has 38 valence electrons. The predicted octanol–water partition coefficient (Wildman–Crippen LogP) is 1.01. The van der Waals surface area contributed by atoms with Crippen LogP contribution in [0.5, 0.6) is 0 Å². The Labute approximate surface area is 46.5 Å². The van der Waals surface area contributed by atoms with Crippen LogP contribution >= 0.6 is 15.9 Å². The molecule has 0 aromatic carbocycles. The van der Waals surface area contributed by atoms with E-state index >= 15 is 0 Å². The normalized spacial score (nSPS) is 14.5. The molecular formula is C4H9BrO. The number of halogens is 1. The van der Waals surface area contributed by atoms with Crippen molar-refractivity contribution in [1.82, 2.24) is 0 Å². The zero-order chi connectivity index (χ0) is 4.99. The number of hydrogen-bond acceptors (Lipinski definition) is 1. The van der Waals surface area contributed by atoms with Crippen molar-refractivity contribution in [2.24, 2.45) is 5.92 Å². The number of alkyl halides is 1. The Morgan fingerprint density at radius 2 is 2.33 bits per heavy atom. The maximum Gasteiger partial charge on any atom is 0.0464 e. The lowest BCUT2D eigenvalue weighted by Crippen LogP contribution is -1.99. The Kier molecular flexibility index (Phi) is 3.89. The molecule has 0 radical (unpaired) electrons. The third-order valence-corrected chi connectivity index (χ3v) is 1.68. The van der Waals surface area contributed by atoms with E-state index in [1.165, 1.54) is 0 Å². The van der Waals surface area contributed by atoms with Gasteiger partial charge in [0.1, 0.15) is 0 Å². The summed E-state index contributed by atoms with van der Waals surface area (Å²) >= 11 is 3.21. The standard InChI is InChI=1S/C4H9BrO/c1-4(2-5)3-6/h4,6H,2-3H2,1H3. The van der Waals surface area contributed by atoms with Gasteiger partial charge in [-0.1, -0.05) is 22.9 Å². The van der Waals surface area contributed by atoms with Crippen LogP contribution in [0.15, 0.2) is 0 Å². The van der Waals surface area contributed by atoms with Crippen molar-refractivity contribution < 1.29 is 5.11 Å². The van der Waals surface area contributed by atoms with Crippen LogP contribution in [0, 0.1) is 5.92 Å². The molecule has 0 saturated heterocycles. The molecule has 0 heterocycles. The maximum atomic E-state index is 8.30. The van der Waals surface area contributed by atoms with Gasteiger partial charge in [0.15, 0.2) is 0 Å². The van der Waals surface area contributed by atoms with E-state index in [0.717, 1.165) is 5.33 Å². The van der Waals surface area contributed by atoms with E-state index in [1.54, 1.807) is 0 Å². The van der Waals surface area contributed by atoms with Crippen molar-refractivity contribution in [2.45, 2.75) is 6.92 Å². The molecule has 0 aliphatic heterocycles. The number of aliphatic hydroxyl groups is 1. The minimum absolute atomic E-state index is 0.283. The summed E-state index contributed by atoms with van der Waals surface area (Å²) in [5, 5.41) is 9.20. The van der Waals surface area contributed by atoms with Crippen LogP contribution in [0.3, 0.4) is 0 Å². The molecule has 0 amide bonds. The highest BCUT2D eigenvalue weighted by atomic mass is 79.9. The Hall–Kier alpha value is 0.440. The second kappa shape index (κ2) is 3.62. The fourth-order valence-corrected chi connectivity index (χ4v) is 0.254. The number of rotatable bonds is 2. The summed E-state index contributed by atoms with van der Waals surface area (Å²) in [5.41, 5.74) is 0. The van der Waals surface area contributed by atoms with Crippen molar-refractivity contribution in [1.29, 1.82) is 0 Å². The summed E-state index contributed by atoms with van der Waals surface area (Å²) in [5.74, 6) is 0.407. The smallest absolute Gasteiger partial charge is 0.0464 e. The monoisotopic (exact) mass is 152 g/mol. The van der Waals surface area contributed by atoms with Crippen LogP contribution in [0.25, 0.3) is 0 Å². The van der Waals surface area contributed by atoms with Gasteiger partial charge in [0.25, 0.3) is 0 Å². The van der Waals surface area contributed by atoms with Crippen molar-refractivity contribution in [3.8, 4) is 0 Å². The molecule has 0 spiro atoms. The summed E-state index contributed by atoms with van der Waals surface area (Å²) in [6.45, 7) is 2.26. The zero-order valence-corrected chi connectivity index (χ0v) is 5.40. The molecule has 0 aliphatic carbocycles. The molecular weight excluding hydrogens is 144 g/mol. The topological polar surface area (TPSA) is 20.2 Å². The van der Waals surface area contributed by atoms with E-state index in [4.69, 9.17) is 5.11 Å². The van der Waals surface area contributed by atoms with E-state index in [1.807, 2.05) is 6.92 Å². The average molecular weight is 153 g/mol. The van der Waals surface area contributed by atoms with Crippen LogP contribution in [-0.4, -0.2) is 17.0 Å². The Bertz CT molecular complexity index is 26.7. The molecule has 0 aromatic heterocycles. The molecule has 1 atom stereocenters. The van der Waals surface area contributed by atoms with Crippen molar-refractivity contribution in [3.63, 3.8) is 0 Å². The third kappa shape index (κ3) is 2.67. The van der Waals surface area contributed by atoms with Gasteiger partial charge in [0, 0.05) is 11.9 Å². The molecule has 2 heteroatoms. The maximum absolute atomic E-state index is 8.30. The number of hydrogen-bond donors (Lipinski definition) is 1. The van der Waals surface area contributed by atoms with E-state index in [0.29, 0.717) is 5.92 Å². The highest BCUT2D eigenvalue weighted by molar-refractivity contribution is 9.09. The van der Waals surface area contributed by atoms with Gasteiger partial charge >= 0.3 is 0 Å². The molecule has 1 N–H and O–H groups in total. The van der Waals surface area contributed by atoms with E-state index < -0.39 is 0 Å². The first kappa shape index (κ1) is 6.44. The first-order valence-electron chi connectivity index (χ1n) is 1.98. The molecule has 1 nitrogen and oxygen atoms in total. The van der Waals surface area contributed by atoms with Crippen LogP contribution < -0.4 is 0 Å². The van der Waals surface area contributed by atoms with Crippen molar-refractivity contribution >= 4 is 15.9 Å². The van der Waals surface area contributed by atoms with Gasteiger partial charge in [-0.3, -0.25) is 0 Å². The van der Waals surface area contributed by atoms with Gasteiger partial charge in [-0.15, -0.1) is 0 Å². The van der Waals surface area contributed by atoms with Crippen molar-refractivity contribution in [2.75, 3.05) is 11.9 Å². The summed E-state index contributed by atoms with van der Waals surface area (Å²) in [7, 11) is 0. The van der Waals surface area contributed by atoms with E-state index in [2.05, 4.69) is 15.9 Å². The average Bonchev–Trinajstić information content (AvgIpc) is 1.65. The quantitative estimate of drug-likeness (QED) is 0.587. The highest BCUT2D eigenvalue weighted by Crippen LogP contribution is 1.95. The minimum Gasteiger partial charge on any atom is -0.396 e. The van der Waals surface area contributed by atoms with Gasteiger partial charge in [-0.05, 0) is 5.92 Å². The summed E-state index contributed by atoms with van der Waals surface area (Å²) in [6.07, 6.45) is 0. The van der Waals surface area contributed by atoms with Gasteiger partial charge in [0.2, 0.25) is 0 Å². The number of aliphatic hydroxyl groups excluding tert-OH is 1. The lowest BCUT2D eigenvalue weighted by Gasteiger charge is -1.96. The molecule has 6 heavy (non-hydrogen) atoms. The van der Waals surface area contributed by atoms with Crippen LogP contribution in [-0.2, 0) is 0 Å².